The monoisotopic (exact) mass is 432 g/mol. The molecular weight excluding hydrogens is 411 g/mol. The summed E-state index contributed by atoms with van der Waals surface area (Å²) in [4.78, 5) is 25.9. The Morgan fingerprint density at radius 3 is 2.55 bits per heavy atom. The number of anilines is 1. The molecule has 3 amide bonds. The molecule has 0 aliphatic carbocycles. The third-order valence-corrected chi connectivity index (χ3v) is 5.17. The number of halogens is 2. The van der Waals surface area contributed by atoms with Gasteiger partial charge in [-0.1, -0.05) is 29.3 Å². The zero-order valence-corrected chi connectivity index (χ0v) is 17.9. The van der Waals surface area contributed by atoms with Gasteiger partial charge in [0.05, 0.1) is 6.04 Å². The number of likely N-dealkylation sites (N-methyl/N-ethyl adjacent to an activating group) is 1. The van der Waals surface area contributed by atoms with Crippen molar-refractivity contribution in [1.29, 1.82) is 0 Å². The summed E-state index contributed by atoms with van der Waals surface area (Å²) in [6.45, 7) is 2.11. The Labute approximate surface area is 179 Å². The number of hydrogen-bond donors (Lipinski definition) is 2. The van der Waals surface area contributed by atoms with Crippen molar-refractivity contribution in [3.8, 4) is 0 Å². The van der Waals surface area contributed by atoms with Crippen LogP contribution in [-0.2, 0) is 11.3 Å². The molecule has 0 spiro atoms. The molecule has 0 aliphatic heterocycles. The lowest BCUT2D eigenvalue weighted by atomic mass is 10.1. The van der Waals surface area contributed by atoms with E-state index in [-0.39, 0.29) is 24.5 Å². The second kappa shape index (κ2) is 8.76. The molecule has 2 N–H and O–H groups in total. The number of nitrogens with zero attached hydrogens (tertiary/aromatic N) is 2. The zero-order valence-electron chi connectivity index (χ0n) is 16.4. The van der Waals surface area contributed by atoms with Gasteiger partial charge in [-0.05, 0) is 48.9 Å². The highest BCUT2D eigenvalue weighted by molar-refractivity contribution is 6.35. The van der Waals surface area contributed by atoms with Gasteiger partial charge in [0.25, 0.3) is 0 Å². The van der Waals surface area contributed by atoms with Crippen LogP contribution in [0.2, 0.25) is 10.0 Å². The predicted molar refractivity (Wildman–Crippen MR) is 118 cm³/mol. The maximum absolute atomic E-state index is 12.4. The number of rotatable bonds is 5. The molecule has 0 saturated heterocycles. The van der Waals surface area contributed by atoms with Gasteiger partial charge in [0.2, 0.25) is 5.91 Å². The average molecular weight is 433 g/mol. The summed E-state index contributed by atoms with van der Waals surface area (Å²) in [5.41, 5.74) is 2.36. The van der Waals surface area contributed by atoms with E-state index >= 15 is 0 Å². The van der Waals surface area contributed by atoms with E-state index in [2.05, 4.69) is 10.6 Å². The van der Waals surface area contributed by atoms with E-state index in [1.54, 1.807) is 43.3 Å². The molecule has 1 heterocycles. The molecule has 0 aliphatic rings. The zero-order chi connectivity index (χ0) is 21.1. The molecule has 0 bridgehead atoms. The van der Waals surface area contributed by atoms with Gasteiger partial charge in [-0.3, -0.25) is 4.79 Å². The van der Waals surface area contributed by atoms with Gasteiger partial charge < -0.3 is 20.1 Å². The van der Waals surface area contributed by atoms with Gasteiger partial charge in [0.1, 0.15) is 6.54 Å². The maximum Gasteiger partial charge on any atom is 0.319 e. The Morgan fingerprint density at radius 2 is 1.86 bits per heavy atom. The van der Waals surface area contributed by atoms with E-state index in [0.29, 0.717) is 15.7 Å². The maximum atomic E-state index is 12.4. The normalized spacial score (nSPS) is 11.9. The summed E-state index contributed by atoms with van der Waals surface area (Å²) in [6.07, 6.45) is 1.86. The molecule has 0 radical (unpaired) electrons. The van der Waals surface area contributed by atoms with Crippen molar-refractivity contribution >= 4 is 51.7 Å². The van der Waals surface area contributed by atoms with E-state index in [9.17, 15) is 9.59 Å². The van der Waals surface area contributed by atoms with E-state index < -0.39 is 0 Å². The lowest BCUT2D eigenvalue weighted by molar-refractivity contribution is -0.129. The lowest BCUT2D eigenvalue weighted by Crippen LogP contribution is -2.31. The minimum absolute atomic E-state index is 0.0129. The smallest absolute Gasteiger partial charge is 0.319 e. The standard InChI is InChI=1S/C21H22Cl2N4O2/c1-13(17-6-4-15(22)11-18(17)23)24-21(29)25-16-5-7-19-14(10-16)8-9-27(19)12-20(28)26(2)3/h4-11,13H,12H2,1-3H3,(H2,24,25,29). The topological polar surface area (TPSA) is 66.4 Å². The third-order valence-electron chi connectivity index (χ3n) is 4.61. The summed E-state index contributed by atoms with van der Waals surface area (Å²) in [6, 6.07) is 12.0. The highest BCUT2D eigenvalue weighted by Crippen LogP contribution is 2.26. The predicted octanol–water partition coefficient (Wildman–Crippen LogP) is 4.92. The van der Waals surface area contributed by atoms with Crippen LogP contribution in [0.25, 0.3) is 10.9 Å². The first-order chi connectivity index (χ1) is 13.7. The first-order valence-electron chi connectivity index (χ1n) is 9.06. The molecule has 3 aromatic rings. The number of nitrogens with one attached hydrogen (secondary N) is 2. The summed E-state index contributed by atoms with van der Waals surface area (Å²) >= 11 is 12.1. The summed E-state index contributed by atoms with van der Waals surface area (Å²) in [5, 5.41) is 7.67. The second-order valence-electron chi connectivity index (χ2n) is 6.99. The van der Waals surface area contributed by atoms with Crippen LogP contribution in [-0.4, -0.2) is 35.5 Å². The number of carbonyl (C=O) groups is 2. The molecule has 0 fully saturated rings. The van der Waals surface area contributed by atoms with Crippen LogP contribution in [0, 0.1) is 0 Å². The fraction of sp³-hybridized carbons (Fsp3) is 0.238. The second-order valence-corrected chi connectivity index (χ2v) is 7.84. The minimum Gasteiger partial charge on any atom is -0.347 e. The Balaban J connectivity index is 1.68. The van der Waals surface area contributed by atoms with Crippen LogP contribution in [0.3, 0.4) is 0 Å². The minimum atomic E-state index is -0.343. The highest BCUT2D eigenvalue weighted by atomic mass is 35.5. The Morgan fingerprint density at radius 1 is 1.10 bits per heavy atom. The van der Waals surface area contributed by atoms with Gasteiger partial charge >= 0.3 is 6.03 Å². The van der Waals surface area contributed by atoms with Crippen molar-refractivity contribution in [3.63, 3.8) is 0 Å². The molecule has 1 atom stereocenters. The van der Waals surface area contributed by atoms with Crippen LogP contribution in [0.15, 0.2) is 48.7 Å². The highest BCUT2D eigenvalue weighted by Gasteiger charge is 2.14. The molecular formula is C21H22Cl2N4O2. The number of carbonyl (C=O) groups excluding carboxylic acids is 2. The van der Waals surface area contributed by atoms with Gasteiger partial charge in [-0.2, -0.15) is 0 Å². The molecule has 0 saturated carbocycles. The molecule has 3 rings (SSSR count). The quantitative estimate of drug-likeness (QED) is 0.600. The van der Waals surface area contributed by atoms with Crippen LogP contribution in [0.1, 0.15) is 18.5 Å². The van der Waals surface area contributed by atoms with E-state index in [1.807, 2.05) is 35.9 Å². The average Bonchev–Trinajstić information content (AvgIpc) is 3.03. The molecule has 1 unspecified atom stereocenters. The van der Waals surface area contributed by atoms with Crippen molar-refractivity contribution < 1.29 is 9.59 Å². The number of fused-ring (bicyclic) bond motifs is 1. The van der Waals surface area contributed by atoms with Gasteiger partial charge in [-0.25, -0.2) is 4.79 Å². The molecule has 2 aromatic carbocycles. The van der Waals surface area contributed by atoms with Crippen molar-refractivity contribution in [3.05, 3.63) is 64.3 Å². The first kappa shape index (κ1) is 21.0. The molecule has 29 heavy (non-hydrogen) atoms. The van der Waals surface area contributed by atoms with Crippen molar-refractivity contribution in [2.45, 2.75) is 19.5 Å². The largest absolute Gasteiger partial charge is 0.347 e. The number of amides is 3. The fourth-order valence-corrected chi connectivity index (χ4v) is 3.57. The van der Waals surface area contributed by atoms with Crippen LogP contribution in [0.5, 0.6) is 0 Å². The lowest BCUT2D eigenvalue weighted by Gasteiger charge is -2.16. The number of benzene rings is 2. The summed E-state index contributed by atoms with van der Waals surface area (Å²) in [5.74, 6) is 0.0129. The summed E-state index contributed by atoms with van der Waals surface area (Å²) < 4.78 is 1.88. The SMILES string of the molecule is CC(NC(=O)Nc1ccc2c(ccn2CC(=O)N(C)C)c1)c1ccc(Cl)cc1Cl. The number of aromatic nitrogens is 1. The Hall–Kier alpha value is -2.70. The van der Waals surface area contributed by atoms with Crippen molar-refractivity contribution in [2.24, 2.45) is 0 Å². The van der Waals surface area contributed by atoms with Crippen LogP contribution < -0.4 is 10.6 Å². The molecule has 152 valence electrons. The number of urea groups is 1. The number of hydrogen-bond acceptors (Lipinski definition) is 2. The first-order valence-corrected chi connectivity index (χ1v) is 9.81. The van der Waals surface area contributed by atoms with Gasteiger partial charge in [0, 0.05) is 46.9 Å². The summed E-state index contributed by atoms with van der Waals surface area (Å²) in [7, 11) is 3.46. The van der Waals surface area contributed by atoms with E-state index in [4.69, 9.17) is 23.2 Å². The van der Waals surface area contributed by atoms with Gasteiger partial charge in [0.15, 0.2) is 0 Å². The van der Waals surface area contributed by atoms with Crippen LogP contribution in [0.4, 0.5) is 10.5 Å². The van der Waals surface area contributed by atoms with Crippen molar-refractivity contribution in [2.75, 3.05) is 19.4 Å². The Kier molecular flexibility index (Phi) is 6.35. The third kappa shape index (κ3) is 5.02. The molecule has 6 nitrogen and oxygen atoms in total. The van der Waals surface area contributed by atoms with Crippen LogP contribution >= 0.6 is 23.2 Å². The van der Waals surface area contributed by atoms with Gasteiger partial charge in [-0.15, -0.1) is 0 Å². The fourth-order valence-electron chi connectivity index (χ4n) is 3.00. The van der Waals surface area contributed by atoms with E-state index in [1.165, 1.54) is 0 Å². The van der Waals surface area contributed by atoms with E-state index in [0.717, 1.165) is 16.5 Å². The molecule has 8 heteroatoms. The Bertz CT molecular complexity index is 1060. The van der Waals surface area contributed by atoms with Crippen molar-refractivity contribution in [1.82, 2.24) is 14.8 Å². The molecule has 1 aromatic heterocycles.